The average Bonchev–Trinajstić information content (AvgIpc) is 2.11. The fourth-order valence-corrected chi connectivity index (χ4v) is 1.80. The van der Waals surface area contributed by atoms with Gasteiger partial charge in [-0.1, -0.05) is 23.8 Å². The average molecular weight is 242 g/mol. The molecule has 1 aromatic carbocycles. The summed E-state index contributed by atoms with van der Waals surface area (Å²) < 4.78 is 5.77. The van der Waals surface area contributed by atoms with Gasteiger partial charge >= 0.3 is 0 Å². The van der Waals surface area contributed by atoms with Gasteiger partial charge in [0.1, 0.15) is 10.7 Å². The first-order chi connectivity index (χ1) is 7.16. The van der Waals surface area contributed by atoms with Gasteiger partial charge in [0.25, 0.3) is 0 Å². The summed E-state index contributed by atoms with van der Waals surface area (Å²) in [6, 6.07) is 5.34. The number of halogens is 1. The maximum atomic E-state index is 5.90. The lowest BCUT2D eigenvalue weighted by Crippen LogP contribution is -2.26. The molecule has 0 heterocycles. The standard InChI is InChI=1S/C11H12ClNOS/c12-7-4-5-9(11(13)15)10(6-7)14-8-2-1-3-8/h4-6,8H,1-3H2,(H2,13,15). The van der Waals surface area contributed by atoms with Crippen LogP contribution in [-0.2, 0) is 0 Å². The minimum absolute atomic E-state index is 0.302. The summed E-state index contributed by atoms with van der Waals surface area (Å²) in [6.07, 6.45) is 3.73. The van der Waals surface area contributed by atoms with Crippen LogP contribution in [-0.4, -0.2) is 11.1 Å². The Hall–Kier alpha value is -0.800. The molecule has 0 amide bonds. The molecule has 0 atom stereocenters. The summed E-state index contributed by atoms with van der Waals surface area (Å²) in [5.74, 6) is 0.708. The smallest absolute Gasteiger partial charge is 0.131 e. The second kappa shape index (κ2) is 4.37. The molecule has 1 aliphatic rings. The molecule has 0 aliphatic heterocycles. The van der Waals surface area contributed by atoms with Crippen molar-refractivity contribution in [2.75, 3.05) is 0 Å². The Labute approximate surface area is 99.4 Å². The third-order valence-corrected chi connectivity index (χ3v) is 3.01. The van der Waals surface area contributed by atoms with Crippen molar-refractivity contribution < 1.29 is 4.74 Å². The molecule has 1 saturated carbocycles. The number of thiocarbonyl (C=S) groups is 1. The van der Waals surface area contributed by atoms with Crippen molar-refractivity contribution >= 4 is 28.8 Å². The third-order valence-electron chi connectivity index (χ3n) is 2.55. The molecule has 2 rings (SSSR count). The van der Waals surface area contributed by atoms with Crippen LogP contribution in [0.4, 0.5) is 0 Å². The molecule has 0 bridgehead atoms. The van der Waals surface area contributed by atoms with Crippen LogP contribution in [0.25, 0.3) is 0 Å². The number of nitrogens with two attached hydrogens (primary N) is 1. The maximum Gasteiger partial charge on any atom is 0.131 e. The van der Waals surface area contributed by atoms with Gasteiger partial charge in [-0.05, 0) is 37.5 Å². The Balaban J connectivity index is 2.24. The third kappa shape index (κ3) is 2.41. The van der Waals surface area contributed by atoms with Crippen LogP contribution in [0.1, 0.15) is 24.8 Å². The van der Waals surface area contributed by atoms with Gasteiger partial charge in [-0.2, -0.15) is 0 Å². The van der Waals surface area contributed by atoms with Gasteiger partial charge in [-0.3, -0.25) is 0 Å². The van der Waals surface area contributed by atoms with Crippen molar-refractivity contribution in [1.82, 2.24) is 0 Å². The highest BCUT2D eigenvalue weighted by Gasteiger charge is 2.20. The lowest BCUT2D eigenvalue weighted by molar-refractivity contribution is 0.120. The zero-order valence-corrected chi connectivity index (χ0v) is 9.77. The number of benzene rings is 1. The summed E-state index contributed by atoms with van der Waals surface area (Å²) in [5.41, 5.74) is 6.37. The molecule has 4 heteroatoms. The Morgan fingerprint density at radius 3 is 2.73 bits per heavy atom. The maximum absolute atomic E-state index is 5.90. The van der Waals surface area contributed by atoms with E-state index >= 15 is 0 Å². The number of hydrogen-bond donors (Lipinski definition) is 1. The molecular formula is C11H12ClNOS. The fourth-order valence-electron chi connectivity index (χ4n) is 1.47. The van der Waals surface area contributed by atoms with Crippen molar-refractivity contribution in [3.63, 3.8) is 0 Å². The van der Waals surface area contributed by atoms with Gasteiger partial charge in [0.15, 0.2) is 0 Å². The Bertz CT molecular complexity index is 390. The highest BCUT2D eigenvalue weighted by Crippen LogP contribution is 2.29. The van der Waals surface area contributed by atoms with Gasteiger partial charge < -0.3 is 10.5 Å². The van der Waals surface area contributed by atoms with E-state index < -0.39 is 0 Å². The molecular weight excluding hydrogens is 230 g/mol. The van der Waals surface area contributed by atoms with Gasteiger partial charge in [0, 0.05) is 5.02 Å². The first-order valence-electron chi connectivity index (χ1n) is 4.93. The Morgan fingerprint density at radius 1 is 1.47 bits per heavy atom. The molecule has 2 nitrogen and oxygen atoms in total. The van der Waals surface area contributed by atoms with E-state index in [4.69, 9.17) is 34.3 Å². The molecule has 1 fully saturated rings. The first-order valence-corrected chi connectivity index (χ1v) is 5.71. The van der Waals surface area contributed by atoms with E-state index in [-0.39, 0.29) is 0 Å². The van der Waals surface area contributed by atoms with Gasteiger partial charge in [0.05, 0.1) is 11.7 Å². The molecule has 0 unspecified atom stereocenters. The van der Waals surface area contributed by atoms with Crippen LogP contribution in [0.15, 0.2) is 18.2 Å². The van der Waals surface area contributed by atoms with Crippen molar-refractivity contribution in [2.45, 2.75) is 25.4 Å². The quantitative estimate of drug-likeness (QED) is 0.827. The molecule has 2 N–H and O–H groups in total. The molecule has 0 radical (unpaired) electrons. The summed E-state index contributed by atoms with van der Waals surface area (Å²) in [7, 11) is 0. The number of rotatable bonds is 3. The van der Waals surface area contributed by atoms with Crippen LogP contribution in [0.5, 0.6) is 5.75 Å². The molecule has 0 aromatic heterocycles. The van der Waals surface area contributed by atoms with E-state index in [0.29, 0.717) is 21.9 Å². The van der Waals surface area contributed by atoms with Crippen LogP contribution >= 0.6 is 23.8 Å². The van der Waals surface area contributed by atoms with Crippen LogP contribution in [0, 0.1) is 0 Å². The zero-order chi connectivity index (χ0) is 10.8. The summed E-state index contributed by atoms with van der Waals surface area (Å²) in [4.78, 5) is 0.348. The van der Waals surface area contributed by atoms with Crippen molar-refractivity contribution in [3.8, 4) is 5.75 Å². The van der Waals surface area contributed by atoms with Crippen molar-refractivity contribution in [2.24, 2.45) is 5.73 Å². The van der Waals surface area contributed by atoms with Crippen LogP contribution in [0.3, 0.4) is 0 Å². The molecule has 0 saturated heterocycles. The van der Waals surface area contributed by atoms with E-state index in [9.17, 15) is 0 Å². The fraction of sp³-hybridized carbons (Fsp3) is 0.364. The van der Waals surface area contributed by atoms with E-state index in [0.717, 1.165) is 18.4 Å². The number of ether oxygens (including phenoxy) is 1. The van der Waals surface area contributed by atoms with E-state index in [2.05, 4.69) is 0 Å². The predicted octanol–water partition coefficient (Wildman–Crippen LogP) is 2.91. The predicted molar refractivity (Wildman–Crippen MR) is 65.6 cm³/mol. The van der Waals surface area contributed by atoms with Crippen molar-refractivity contribution in [1.29, 1.82) is 0 Å². The minimum Gasteiger partial charge on any atom is -0.490 e. The SMILES string of the molecule is NC(=S)c1ccc(Cl)cc1OC1CCC1. The highest BCUT2D eigenvalue weighted by atomic mass is 35.5. The largest absolute Gasteiger partial charge is 0.490 e. The van der Waals surface area contributed by atoms with Crippen LogP contribution in [0.2, 0.25) is 5.02 Å². The topological polar surface area (TPSA) is 35.2 Å². The van der Waals surface area contributed by atoms with Gasteiger partial charge in [0.2, 0.25) is 0 Å². The lowest BCUT2D eigenvalue weighted by Gasteiger charge is -2.27. The van der Waals surface area contributed by atoms with Crippen molar-refractivity contribution in [3.05, 3.63) is 28.8 Å². The normalized spacial score (nSPS) is 15.8. The Morgan fingerprint density at radius 2 is 2.20 bits per heavy atom. The lowest BCUT2D eigenvalue weighted by atomic mass is 9.96. The molecule has 1 aromatic rings. The van der Waals surface area contributed by atoms with Gasteiger partial charge in [-0.25, -0.2) is 0 Å². The summed E-state index contributed by atoms with van der Waals surface area (Å²) in [5, 5.41) is 0.643. The monoisotopic (exact) mass is 241 g/mol. The molecule has 1 aliphatic carbocycles. The highest BCUT2D eigenvalue weighted by molar-refractivity contribution is 7.80. The second-order valence-corrected chi connectivity index (χ2v) is 4.55. The number of hydrogen-bond acceptors (Lipinski definition) is 2. The van der Waals surface area contributed by atoms with Gasteiger partial charge in [-0.15, -0.1) is 0 Å². The van der Waals surface area contributed by atoms with E-state index in [1.54, 1.807) is 18.2 Å². The zero-order valence-electron chi connectivity index (χ0n) is 8.20. The summed E-state index contributed by atoms with van der Waals surface area (Å²) >= 11 is 10.9. The van der Waals surface area contributed by atoms with E-state index in [1.165, 1.54) is 6.42 Å². The molecule has 80 valence electrons. The molecule has 0 spiro atoms. The Kier molecular flexibility index (Phi) is 3.12. The minimum atomic E-state index is 0.302. The molecule has 15 heavy (non-hydrogen) atoms. The first kappa shape index (κ1) is 10.7. The van der Waals surface area contributed by atoms with Crippen LogP contribution < -0.4 is 10.5 Å². The second-order valence-electron chi connectivity index (χ2n) is 3.68. The van der Waals surface area contributed by atoms with E-state index in [1.807, 2.05) is 0 Å². The summed E-state index contributed by atoms with van der Waals surface area (Å²) in [6.45, 7) is 0.